The van der Waals surface area contributed by atoms with Gasteiger partial charge in [-0.15, -0.1) is 0 Å². The average molecular weight is 207 g/mol. The lowest BCUT2D eigenvalue weighted by atomic mass is 9.68. The average Bonchev–Trinajstić information content (AvgIpc) is 2.51. The summed E-state index contributed by atoms with van der Waals surface area (Å²) in [7, 11) is 0. The second-order valence-electron chi connectivity index (χ2n) is 4.84. The Balaban J connectivity index is 1.94. The third-order valence-corrected chi connectivity index (χ3v) is 4.01. The summed E-state index contributed by atoms with van der Waals surface area (Å²) < 4.78 is 38.0. The molecule has 1 atom stereocenters. The van der Waals surface area contributed by atoms with Gasteiger partial charge in [0.05, 0.1) is 5.41 Å². The molecule has 14 heavy (non-hydrogen) atoms. The van der Waals surface area contributed by atoms with Crippen LogP contribution in [0.15, 0.2) is 0 Å². The summed E-state index contributed by atoms with van der Waals surface area (Å²) in [6.45, 7) is 0.599. The summed E-state index contributed by atoms with van der Waals surface area (Å²) in [5.74, 6) is 0.628. The molecule has 2 bridgehead atoms. The highest BCUT2D eigenvalue weighted by Crippen LogP contribution is 2.68. The van der Waals surface area contributed by atoms with Crippen molar-refractivity contribution < 1.29 is 13.2 Å². The first kappa shape index (κ1) is 10.3. The Kier molecular flexibility index (Phi) is 2.29. The van der Waals surface area contributed by atoms with Gasteiger partial charge in [0.2, 0.25) is 0 Å². The van der Waals surface area contributed by atoms with Gasteiger partial charge in [0, 0.05) is 0 Å². The molecule has 0 aromatic carbocycles. The lowest BCUT2D eigenvalue weighted by Crippen LogP contribution is -2.42. The molecule has 3 aliphatic carbocycles. The molecule has 1 nitrogen and oxygen atoms in total. The van der Waals surface area contributed by atoms with Crippen LogP contribution in [0.25, 0.3) is 0 Å². The minimum atomic E-state index is -3.97. The second-order valence-corrected chi connectivity index (χ2v) is 4.84. The number of alkyl halides is 3. The molecule has 4 heteroatoms. The van der Waals surface area contributed by atoms with Crippen molar-refractivity contribution in [1.82, 2.24) is 0 Å². The van der Waals surface area contributed by atoms with Gasteiger partial charge in [-0.25, -0.2) is 0 Å². The van der Waals surface area contributed by atoms with Gasteiger partial charge in [0.15, 0.2) is 0 Å². The van der Waals surface area contributed by atoms with Crippen molar-refractivity contribution in [3.05, 3.63) is 0 Å². The highest BCUT2D eigenvalue weighted by molar-refractivity contribution is 5.08. The summed E-state index contributed by atoms with van der Waals surface area (Å²) in [4.78, 5) is 0. The Bertz CT molecular complexity index is 218. The van der Waals surface area contributed by atoms with Gasteiger partial charge in [-0.3, -0.25) is 0 Å². The molecule has 82 valence electrons. The van der Waals surface area contributed by atoms with Crippen LogP contribution in [0.3, 0.4) is 0 Å². The van der Waals surface area contributed by atoms with Crippen molar-refractivity contribution in [2.75, 3.05) is 6.54 Å². The van der Waals surface area contributed by atoms with Crippen LogP contribution in [0, 0.1) is 17.3 Å². The minimum Gasteiger partial charge on any atom is -0.330 e. The van der Waals surface area contributed by atoms with E-state index in [1.54, 1.807) is 0 Å². The Morgan fingerprint density at radius 3 is 2.29 bits per heavy atom. The van der Waals surface area contributed by atoms with E-state index >= 15 is 0 Å². The Morgan fingerprint density at radius 2 is 1.86 bits per heavy atom. The van der Waals surface area contributed by atoms with Gasteiger partial charge in [-0.2, -0.15) is 13.2 Å². The second kappa shape index (κ2) is 3.12. The van der Waals surface area contributed by atoms with E-state index in [9.17, 15) is 13.2 Å². The first-order valence-electron chi connectivity index (χ1n) is 5.25. The maximum atomic E-state index is 12.7. The van der Waals surface area contributed by atoms with Crippen LogP contribution in [0.2, 0.25) is 0 Å². The zero-order chi connectivity index (χ0) is 10.4. The van der Waals surface area contributed by atoms with E-state index in [0.29, 0.717) is 37.6 Å². The number of rotatable bonds is 3. The molecule has 0 aliphatic heterocycles. The summed E-state index contributed by atoms with van der Waals surface area (Å²) >= 11 is 0. The largest absolute Gasteiger partial charge is 0.394 e. The molecule has 2 N–H and O–H groups in total. The van der Waals surface area contributed by atoms with Gasteiger partial charge in [-0.1, -0.05) is 0 Å². The summed E-state index contributed by atoms with van der Waals surface area (Å²) in [5, 5.41) is 0. The van der Waals surface area contributed by atoms with Crippen molar-refractivity contribution in [1.29, 1.82) is 0 Å². The number of fused-ring (bicyclic) bond motifs is 1. The molecule has 0 saturated heterocycles. The predicted octanol–water partition coefficient (Wildman–Crippen LogP) is 2.70. The van der Waals surface area contributed by atoms with Crippen LogP contribution in [0.1, 0.15) is 32.1 Å². The van der Waals surface area contributed by atoms with Gasteiger partial charge < -0.3 is 5.73 Å². The lowest BCUT2D eigenvalue weighted by molar-refractivity contribution is -0.244. The van der Waals surface area contributed by atoms with E-state index in [-0.39, 0.29) is 0 Å². The molecule has 0 aromatic rings. The van der Waals surface area contributed by atoms with Crippen LogP contribution < -0.4 is 5.73 Å². The first-order chi connectivity index (χ1) is 6.48. The summed E-state index contributed by atoms with van der Waals surface area (Å²) in [6, 6.07) is 0. The number of nitrogens with two attached hydrogens (primary N) is 1. The molecular formula is C10H16F3N. The van der Waals surface area contributed by atoms with Crippen LogP contribution in [0.4, 0.5) is 13.2 Å². The van der Waals surface area contributed by atoms with Crippen LogP contribution >= 0.6 is 0 Å². The monoisotopic (exact) mass is 207 g/mol. The van der Waals surface area contributed by atoms with Gasteiger partial charge in [0.1, 0.15) is 0 Å². The van der Waals surface area contributed by atoms with E-state index < -0.39 is 11.6 Å². The minimum absolute atomic E-state index is 0.292. The van der Waals surface area contributed by atoms with E-state index in [2.05, 4.69) is 0 Å². The molecule has 0 aromatic heterocycles. The van der Waals surface area contributed by atoms with Gasteiger partial charge in [-0.05, 0) is 50.5 Å². The van der Waals surface area contributed by atoms with Gasteiger partial charge >= 0.3 is 6.18 Å². The smallest absolute Gasteiger partial charge is 0.330 e. The molecule has 3 fully saturated rings. The van der Waals surface area contributed by atoms with Gasteiger partial charge in [0.25, 0.3) is 0 Å². The number of hydrogen-bond acceptors (Lipinski definition) is 1. The SMILES string of the molecule is NCCCC1CC2(C(F)(F)F)CC1C2. The van der Waals surface area contributed by atoms with Crippen LogP contribution in [0.5, 0.6) is 0 Å². The zero-order valence-electron chi connectivity index (χ0n) is 8.11. The molecule has 0 spiro atoms. The van der Waals surface area contributed by atoms with E-state index in [4.69, 9.17) is 5.73 Å². The first-order valence-corrected chi connectivity index (χ1v) is 5.25. The molecule has 0 radical (unpaired) electrons. The number of hydrogen-bond donors (Lipinski definition) is 1. The Morgan fingerprint density at radius 1 is 1.21 bits per heavy atom. The maximum Gasteiger partial charge on any atom is 0.394 e. The standard InChI is InChI=1S/C10H16F3N/c11-10(12,13)9-4-7(2-1-3-14)8(5-9)6-9/h7-8H,1-6,14H2. The fraction of sp³-hybridized carbons (Fsp3) is 1.00. The fourth-order valence-corrected chi connectivity index (χ4v) is 3.18. The topological polar surface area (TPSA) is 26.0 Å². The molecule has 0 heterocycles. The fourth-order valence-electron chi connectivity index (χ4n) is 3.18. The number of halogens is 3. The molecule has 1 unspecified atom stereocenters. The van der Waals surface area contributed by atoms with E-state index in [1.807, 2.05) is 0 Å². The molecular weight excluding hydrogens is 191 g/mol. The van der Waals surface area contributed by atoms with Crippen molar-refractivity contribution in [2.45, 2.75) is 38.3 Å². The van der Waals surface area contributed by atoms with Crippen LogP contribution in [-0.4, -0.2) is 12.7 Å². The molecule has 3 rings (SSSR count). The zero-order valence-corrected chi connectivity index (χ0v) is 8.11. The van der Waals surface area contributed by atoms with Crippen molar-refractivity contribution in [2.24, 2.45) is 23.0 Å². The third-order valence-electron chi connectivity index (χ3n) is 4.01. The third kappa shape index (κ3) is 1.35. The Hall–Kier alpha value is -0.250. The normalized spacial score (nSPS) is 41.1. The highest BCUT2D eigenvalue weighted by Gasteiger charge is 2.68. The van der Waals surface area contributed by atoms with Crippen molar-refractivity contribution >= 4 is 0 Å². The van der Waals surface area contributed by atoms with Crippen molar-refractivity contribution in [3.63, 3.8) is 0 Å². The lowest BCUT2D eigenvalue weighted by Gasteiger charge is -2.40. The molecule has 3 aliphatic rings. The van der Waals surface area contributed by atoms with Crippen molar-refractivity contribution in [3.8, 4) is 0 Å². The van der Waals surface area contributed by atoms with E-state index in [1.165, 1.54) is 0 Å². The molecule has 0 amide bonds. The maximum absolute atomic E-state index is 12.7. The van der Waals surface area contributed by atoms with Crippen LogP contribution in [-0.2, 0) is 0 Å². The quantitative estimate of drug-likeness (QED) is 0.756. The predicted molar refractivity (Wildman–Crippen MR) is 47.6 cm³/mol. The van der Waals surface area contributed by atoms with E-state index in [0.717, 1.165) is 12.8 Å². The summed E-state index contributed by atoms with van der Waals surface area (Å²) in [5.41, 5.74) is 4.07. The highest BCUT2D eigenvalue weighted by atomic mass is 19.4. The summed E-state index contributed by atoms with van der Waals surface area (Å²) in [6.07, 6.45) is -1.09. The Labute approximate surface area is 81.8 Å². The molecule has 3 saturated carbocycles.